The van der Waals surface area contributed by atoms with Gasteiger partial charge in [-0.3, -0.25) is 4.98 Å². The van der Waals surface area contributed by atoms with E-state index >= 15 is 0 Å². The molecular formula is C11H11N3O. The highest BCUT2D eigenvalue weighted by molar-refractivity contribution is 5.49. The highest BCUT2D eigenvalue weighted by Gasteiger charge is 2.25. The molecule has 0 aliphatic heterocycles. The van der Waals surface area contributed by atoms with Crippen LogP contribution in [0.1, 0.15) is 31.1 Å². The van der Waals surface area contributed by atoms with Crippen LogP contribution in [-0.4, -0.2) is 15.2 Å². The summed E-state index contributed by atoms with van der Waals surface area (Å²) in [6, 6.07) is 3.79. The first-order chi connectivity index (χ1) is 7.43. The van der Waals surface area contributed by atoms with E-state index < -0.39 is 0 Å². The monoisotopic (exact) mass is 201 g/mol. The van der Waals surface area contributed by atoms with E-state index in [0.29, 0.717) is 11.8 Å². The van der Waals surface area contributed by atoms with Gasteiger partial charge in [0.25, 0.3) is 0 Å². The molecule has 2 aromatic rings. The van der Waals surface area contributed by atoms with Gasteiger partial charge in [-0.15, -0.1) is 10.2 Å². The van der Waals surface area contributed by atoms with E-state index in [1.807, 2.05) is 12.1 Å². The zero-order valence-corrected chi connectivity index (χ0v) is 8.26. The second-order valence-corrected chi connectivity index (χ2v) is 3.81. The Kier molecular flexibility index (Phi) is 1.98. The van der Waals surface area contributed by atoms with Crippen LogP contribution in [0.2, 0.25) is 0 Å². The van der Waals surface area contributed by atoms with Crippen LogP contribution >= 0.6 is 0 Å². The maximum atomic E-state index is 5.61. The van der Waals surface area contributed by atoms with Crippen molar-refractivity contribution in [1.29, 1.82) is 0 Å². The highest BCUT2D eigenvalue weighted by Crippen LogP contribution is 2.36. The number of rotatable bonds is 2. The number of aromatic nitrogens is 3. The molecule has 0 radical (unpaired) electrons. The molecule has 2 aromatic heterocycles. The van der Waals surface area contributed by atoms with Crippen molar-refractivity contribution in [2.24, 2.45) is 0 Å². The maximum Gasteiger partial charge on any atom is 0.249 e. The normalized spacial score (nSPS) is 16.3. The maximum absolute atomic E-state index is 5.61. The number of nitrogens with zero attached hydrogens (tertiary/aromatic N) is 3. The summed E-state index contributed by atoms with van der Waals surface area (Å²) in [7, 11) is 0. The quantitative estimate of drug-likeness (QED) is 0.748. The smallest absolute Gasteiger partial charge is 0.249 e. The molecule has 0 unspecified atom stereocenters. The Balaban J connectivity index is 1.90. The largest absolute Gasteiger partial charge is 0.420 e. The van der Waals surface area contributed by atoms with Crippen LogP contribution in [0.3, 0.4) is 0 Å². The SMILES string of the molecule is c1cncc(-c2nnc(C3CCC3)o2)c1. The van der Waals surface area contributed by atoms with Gasteiger partial charge in [0.2, 0.25) is 11.8 Å². The fraction of sp³-hybridized carbons (Fsp3) is 0.364. The molecule has 0 saturated heterocycles. The minimum atomic E-state index is 0.489. The standard InChI is InChI=1S/C11H11N3O/c1-3-8(4-1)10-13-14-11(15-10)9-5-2-6-12-7-9/h2,5-8H,1,3-4H2. The lowest BCUT2D eigenvalue weighted by Gasteiger charge is -2.20. The first-order valence-corrected chi connectivity index (χ1v) is 5.17. The summed E-state index contributed by atoms with van der Waals surface area (Å²) in [6.45, 7) is 0. The molecule has 0 atom stereocenters. The van der Waals surface area contributed by atoms with Crippen LogP contribution in [0.25, 0.3) is 11.5 Å². The highest BCUT2D eigenvalue weighted by atomic mass is 16.4. The van der Waals surface area contributed by atoms with Crippen molar-refractivity contribution in [3.05, 3.63) is 30.4 Å². The third kappa shape index (κ3) is 1.52. The second-order valence-electron chi connectivity index (χ2n) is 3.81. The second kappa shape index (κ2) is 3.46. The predicted octanol–water partition coefficient (Wildman–Crippen LogP) is 2.40. The Hall–Kier alpha value is -1.71. The summed E-state index contributed by atoms with van der Waals surface area (Å²) in [5.74, 6) is 1.84. The molecule has 4 heteroatoms. The fourth-order valence-electron chi connectivity index (χ4n) is 1.66. The van der Waals surface area contributed by atoms with E-state index in [1.165, 1.54) is 19.3 Å². The summed E-state index contributed by atoms with van der Waals surface area (Å²) >= 11 is 0. The van der Waals surface area contributed by atoms with Gasteiger partial charge < -0.3 is 4.42 Å². The average Bonchev–Trinajstić information content (AvgIpc) is 2.66. The Morgan fingerprint density at radius 3 is 2.87 bits per heavy atom. The van der Waals surface area contributed by atoms with E-state index in [1.54, 1.807) is 12.4 Å². The average molecular weight is 201 g/mol. The molecular weight excluding hydrogens is 190 g/mol. The number of hydrogen-bond acceptors (Lipinski definition) is 4. The lowest BCUT2D eigenvalue weighted by Crippen LogP contribution is -2.08. The Bertz CT molecular complexity index is 448. The van der Waals surface area contributed by atoms with Crippen molar-refractivity contribution in [3.63, 3.8) is 0 Å². The molecule has 0 bridgehead atoms. The van der Waals surface area contributed by atoms with Gasteiger partial charge in [-0.2, -0.15) is 0 Å². The van der Waals surface area contributed by atoms with Gasteiger partial charge >= 0.3 is 0 Å². The van der Waals surface area contributed by atoms with E-state index in [0.717, 1.165) is 11.5 Å². The molecule has 1 saturated carbocycles. The Morgan fingerprint density at radius 1 is 1.27 bits per heavy atom. The molecule has 4 nitrogen and oxygen atoms in total. The van der Waals surface area contributed by atoms with Gasteiger partial charge in [0.05, 0.1) is 5.56 Å². The van der Waals surface area contributed by atoms with E-state index in [4.69, 9.17) is 4.42 Å². The summed E-state index contributed by atoms with van der Waals surface area (Å²) in [5, 5.41) is 8.10. The van der Waals surface area contributed by atoms with Crippen LogP contribution < -0.4 is 0 Å². The van der Waals surface area contributed by atoms with E-state index in [-0.39, 0.29) is 0 Å². The molecule has 0 amide bonds. The van der Waals surface area contributed by atoms with Crippen molar-refractivity contribution in [3.8, 4) is 11.5 Å². The molecule has 1 fully saturated rings. The first kappa shape index (κ1) is 8.59. The van der Waals surface area contributed by atoms with Gasteiger partial charge in [0.15, 0.2) is 0 Å². The van der Waals surface area contributed by atoms with Gasteiger partial charge in [0, 0.05) is 18.3 Å². The van der Waals surface area contributed by atoms with Gasteiger partial charge in [-0.25, -0.2) is 0 Å². The zero-order chi connectivity index (χ0) is 10.1. The molecule has 76 valence electrons. The van der Waals surface area contributed by atoms with Crippen molar-refractivity contribution in [1.82, 2.24) is 15.2 Å². The predicted molar refractivity (Wildman–Crippen MR) is 54.1 cm³/mol. The van der Waals surface area contributed by atoms with E-state index in [9.17, 15) is 0 Å². The zero-order valence-electron chi connectivity index (χ0n) is 8.26. The minimum absolute atomic E-state index is 0.489. The molecule has 0 N–H and O–H groups in total. The molecule has 0 spiro atoms. The van der Waals surface area contributed by atoms with Crippen molar-refractivity contribution in [2.45, 2.75) is 25.2 Å². The summed E-state index contributed by atoms with van der Waals surface area (Å²) < 4.78 is 5.61. The Labute approximate surface area is 87.4 Å². The van der Waals surface area contributed by atoms with Crippen LogP contribution in [0.15, 0.2) is 28.9 Å². The third-order valence-electron chi connectivity index (χ3n) is 2.80. The lowest BCUT2D eigenvalue weighted by molar-refractivity contribution is 0.338. The fourth-order valence-corrected chi connectivity index (χ4v) is 1.66. The molecule has 15 heavy (non-hydrogen) atoms. The third-order valence-corrected chi connectivity index (χ3v) is 2.80. The topological polar surface area (TPSA) is 51.8 Å². The number of hydrogen-bond donors (Lipinski definition) is 0. The van der Waals surface area contributed by atoms with Gasteiger partial charge in [-0.05, 0) is 25.0 Å². The lowest BCUT2D eigenvalue weighted by atomic mass is 9.85. The summed E-state index contributed by atoms with van der Waals surface area (Å²) in [4.78, 5) is 4.02. The molecule has 2 heterocycles. The van der Waals surface area contributed by atoms with Crippen molar-refractivity contribution in [2.75, 3.05) is 0 Å². The van der Waals surface area contributed by atoms with Crippen LogP contribution in [0, 0.1) is 0 Å². The summed E-state index contributed by atoms with van der Waals surface area (Å²) in [6.07, 6.45) is 7.09. The van der Waals surface area contributed by atoms with Gasteiger partial charge in [-0.1, -0.05) is 6.42 Å². The Morgan fingerprint density at radius 2 is 2.20 bits per heavy atom. The molecule has 1 aliphatic rings. The first-order valence-electron chi connectivity index (χ1n) is 5.17. The summed E-state index contributed by atoms with van der Waals surface area (Å²) in [5.41, 5.74) is 0.885. The van der Waals surface area contributed by atoms with Gasteiger partial charge in [0.1, 0.15) is 0 Å². The van der Waals surface area contributed by atoms with Crippen LogP contribution in [-0.2, 0) is 0 Å². The molecule has 1 aliphatic carbocycles. The molecule has 3 rings (SSSR count). The van der Waals surface area contributed by atoms with Crippen LogP contribution in [0.4, 0.5) is 0 Å². The van der Waals surface area contributed by atoms with E-state index in [2.05, 4.69) is 15.2 Å². The molecule has 0 aromatic carbocycles. The van der Waals surface area contributed by atoms with Crippen molar-refractivity contribution < 1.29 is 4.42 Å². The van der Waals surface area contributed by atoms with Crippen molar-refractivity contribution >= 4 is 0 Å². The minimum Gasteiger partial charge on any atom is -0.420 e. The van der Waals surface area contributed by atoms with Crippen LogP contribution in [0.5, 0.6) is 0 Å². The number of pyridine rings is 1.